The van der Waals surface area contributed by atoms with Crippen molar-refractivity contribution in [1.29, 1.82) is 0 Å². The fourth-order valence-corrected chi connectivity index (χ4v) is 4.22. The fourth-order valence-electron chi connectivity index (χ4n) is 4.22. The zero-order valence-corrected chi connectivity index (χ0v) is 18.7. The number of hydrogen-bond donors (Lipinski definition) is 3. The number of ether oxygens (including phenoxy) is 1. The summed E-state index contributed by atoms with van der Waals surface area (Å²) < 4.78 is 10.9. The fraction of sp³-hybridized carbons (Fsp3) is 0.269. The minimum atomic E-state index is -1.26. The molecule has 2 amide bonds. The molecular formula is C26H26N2O6. The summed E-state index contributed by atoms with van der Waals surface area (Å²) in [5.41, 5.74) is 4.32. The van der Waals surface area contributed by atoms with Gasteiger partial charge in [-0.15, -0.1) is 0 Å². The predicted octanol–water partition coefficient (Wildman–Crippen LogP) is 3.63. The van der Waals surface area contributed by atoms with Gasteiger partial charge in [-0.05, 0) is 41.3 Å². The number of carbonyl (C=O) groups excluding carboxylic acids is 2. The first kappa shape index (κ1) is 23.1. The Morgan fingerprint density at radius 1 is 1.00 bits per heavy atom. The summed E-state index contributed by atoms with van der Waals surface area (Å²) in [4.78, 5) is 36.3. The molecule has 0 spiro atoms. The molecule has 1 unspecified atom stereocenters. The average molecular weight is 463 g/mol. The van der Waals surface area contributed by atoms with Crippen LogP contribution in [0.5, 0.6) is 0 Å². The van der Waals surface area contributed by atoms with Gasteiger partial charge in [0.1, 0.15) is 24.2 Å². The lowest BCUT2D eigenvalue weighted by Gasteiger charge is -2.18. The van der Waals surface area contributed by atoms with E-state index in [4.69, 9.17) is 9.15 Å². The highest BCUT2D eigenvalue weighted by molar-refractivity contribution is 5.89. The van der Waals surface area contributed by atoms with Gasteiger partial charge in [-0.3, -0.25) is 9.59 Å². The second-order valence-electron chi connectivity index (χ2n) is 8.17. The molecule has 1 aromatic heterocycles. The Morgan fingerprint density at radius 2 is 1.65 bits per heavy atom. The number of carbonyl (C=O) groups is 3. The number of fused-ring (bicyclic) bond motifs is 3. The maximum atomic E-state index is 12.5. The summed E-state index contributed by atoms with van der Waals surface area (Å²) in [7, 11) is 0. The molecule has 4 rings (SSSR count). The number of carboxylic acid groups (broad SMARTS) is 1. The van der Waals surface area contributed by atoms with Crippen LogP contribution in [0.1, 0.15) is 35.0 Å². The molecule has 2 aromatic carbocycles. The molecule has 1 aliphatic rings. The normalized spacial score (nSPS) is 13.0. The quantitative estimate of drug-likeness (QED) is 0.447. The van der Waals surface area contributed by atoms with Gasteiger partial charge in [0, 0.05) is 18.9 Å². The topological polar surface area (TPSA) is 118 Å². The zero-order chi connectivity index (χ0) is 24.1. The van der Waals surface area contributed by atoms with Gasteiger partial charge in [0.25, 0.3) is 0 Å². The Balaban J connectivity index is 1.35. The summed E-state index contributed by atoms with van der Waals surface area (Å²) in [5, 5.41) is 14.2. The minimum Gasteiger partial charge on any atom is -0.481 e. The van der Waals surface area contributed by atoms with E-state index < -0.39 is 30.4 Å². The highest BCUT2D eigenvalue weighted by Crippen LogP contribution is 2.44. The number of hydrogen-bond acceptors (Lipinski definition) is 5. The highest BCUT2D eigenvalue weighted by Gasteiger charge is 2.30. The number of rotatable bonds is 9. The molecular weight excluding hydrogens is 436 g/mol. The average Bonchev–Trinajstić information content (AvgIpc) is 3.37. The van der Waals surface area contributed by atoms with E-state index in [-0.39, 0.29) is 19.1 Å². The molecule has 0 fully saturated rings. The number of aryl methyl sites for hydroxylation is 1. The predicted molar refractivity (Wildman–Crippen MR) is 124 cm³/mol. The Kier molecular flexibility index (Phi) is 6.96. The van der Waals surface area contributed by atoms with Crippen LogP contribution in [0.3, 0.4) is 0 Å². The minimum absolute atomic E-state index is 0.0686. The van der Waals surface area contributed by atoms with Crippen molar-refractivity contribution in [2.24, 2.45) is 0 Å². The van der Waals surface area contributed by atoms with Crippen LogP contribution < -0.4 is 10.6 Å². The van der Waals surface area contributed by atoms with E-state index in [1.54, 1.807) is 0 Å². The van der Waals surface area contributed by atoms with E-state index in [0.717, 1.165) is 28.0 Å². The van der Waals surface area contributed by atoms with Gasteiger partial charge in [0.15, 0.2) is 0 Å². The van der Waals surface area contributed by atoms with Gasteiger partial charge in [0.2, 0.25) is 5.91 Å². The third-order valence-electron chi connectivity index (χ3n) is 5.80. The molecule has 3 aromatic rings. The smallest absolute Gasteiger partial charge is 0.407 e. The van der Waals surface area contributed by atoms with E-state index in [0.29, 0.717) is 12.2 Å². The molecule has 8 nitrogen and oxygen atoms in total. The first-order chi connectivity index (χ1) is 16.4. The van der Waals surface area contributed by atoms with Gasteiger partial charge in [-0.1, -0.05) is 48.5 Å². The number of furan rings is 1. The van der Waals surface area contributed by atoms with Crippen molar-refractivity contribution < 1.29 is 28.6 Å². The van der Waals surface area contributed by atoms with Crippen LogP contribution in [0.15, 0.2) is 65.1 Å². The van der Waals surface area contributed by atoms with Crippen LogP contribution in [0, 0.1) is 6.92 Å². The maximum absolute atomic E-state index is 12.5. The number of nitrogens with one attached hydrogen (secondary N) is 2. The van der Waals surface area contributed by atoms with Crippen molar-refractivity contribution in [3.8, 4) is 11.1 Å². The van der Waals surface area contributed by atoms with Crippen LogP contribution in [-0.2, 0) is 20.7 Å². The lowest BCUT2D eigenvalue weighted by Crippen LogP contribution is -2.48. The van der Waals surface area contributed by atoms with Crippen LogP contribution in [0.2, 0.25) is 0 Å². The SMILES string of the molecule is Cc1ccc(CCNC(=O)C(CC(=O)O)NC(=O)OCC2c3ccccc3-c3ccccc32)o1. The number of aliphatic carboxylic acids is 1. The number of alkyl carbamates (subject to hydrolysis) is 1. The van der Waals surface area contributed by atoms with Crippen LogP contribution in [-0.4, -0.2) is 42.3 Å². The molecule has 0 aliphatic heterocycles. The number of carboxylic acids is 1. The summed E-state index contributed by atoms with van der Waals surface area (Å²) in [6.07, 6.45) is -0.954. The summed E-state index contributed by atoms with van der Waals surface area (Å²) in [6, 6.07) is 18.3. The summed E-state index contributed by atoms with van der Waals surface area (Å²) in [6.45, 7) is 2.14. The molecule has 176 valence electrons. The zero-order valence-electron chi connectivity index (χ0n) is 18.7. The van der Waals surface area contributed by atoms with Gasteiger partial charge < -0.3 is 24.9 Å². The molecule has 0 radical (unpaired) electrons. The van der Waals surface area contributed by atoms with Gasteiger partial charge in [-0.25, -0.2) is 4.79 Å². The first-order valence-corrected chi connectivity index (χ1v) is 11.1. The maximum Gasteiger partial charge on any atom is 0.407 e. The van der Waals surface area contributed by atoms with Crippen LogP contribution >= 0.6 is 0 Å². The van der Waals surface area contributed by atoms with E-state index in [9.17, 15) is 19.5 Å². The monoisotopic (exact) mass is 462 g/mol. The Hall–Kier alpha value is -4.07. The van der Waals surface area contributed by atoms with E-state index in [1.807, 2.05) is 67.6 Å². The molecule has 0 saturated heterocycles. The Labute approximate surface area is 196 Å². The summed E-state index contributed by atoms with van der Waals surface area (Å²) >= 11 is 0. The largest absolute Gasteiger partial charge is 0.481 e. The molecule has 0 bridgehead atoms. The van der Waals surface area contributed by atoms with Gasteiger partial charge >= 0.3 is 12.1 Å². The van der Waals surface area contributed by atoms with Crippen molar-refractivity contribution >= 4 is 18.0 Å². The van der Waals surface area contributed by atoms with Crippen molar-refractivity contribution in [2.45, 2.75) is 31.7 Å². The van der Waals surface area contributed by atoms with Gasteiger partial charge in [-0.2, -0.15) is 0 Å². The number of benzene rings is 2. The number of amides is 2. The standard InChI is InChI=1S/C26H26N2O6/c1-16-10-11-17(34-16)12-13-27-25(31)23(14-24(29)30)28-26(32)33-15-22-20-8-4-2-6-18(20)19-7-3-5-9-21(19)22/h2-11,22-23H,12-15H2,1H3,(H,27,31)(H,28,32)(H,29,30). The first-order valence-electron chi connectivity index (χ1n) is 11.1. The molecule has 1 atom stereocenters. The highest BCUT2D eigenvalue weighted by atomic mass is 16.5. The Bertz CT molecular complexity index is 1160. The van der Waals surface area contributed by atoms with Crippen LogP contribution in [0.4, 0.5) is 4.79 Å². The lowest BCUT2D eigenvalue weighted by atomic mass is 9.98. The van der Waals surface area contributed by atoms with E-state index >= 15 is 0 Å². The molecule has 1 heterocycles. The summed E-state index contributed by atoms with van der Waals surface area (Å²) in [5.74, 6) is -0.472. The molecule has 1 aliphatic carbocycles. The second kappa shape index (κ2) is 10.2. The lowest BCUT2D eigenvalue weighted by molar-refractivity contribution is -0.139. The van der Waals surface area contributed by atoms with Crippen molar-refractivity contribution in [3.63, 3.8) is 0 Å². The third kappa shape index (κ3) is 5.28. The van der Waals surface area contributed by atoms with Gasteiger partial charge in [0.05, 0.1) is 6.42 Å². The third-order valence-corrected chi connectivity index (χ3v) is 5.80. The molecule has 3 N–H and O–H groups in total. The van der Waals surface area contributed by atoms with E-state index in [1.165, 1.54) is 0 Å². The van der Waals surface area contributed by atoms with Crippen molar-refractivity contribution in [3.05, 3.63) is 83.3 Å². The van der Waals surface area contributed by atoms with Crippen molar-refractivity contribution in [1.82, 2.24) is 10.6 Å². The molecule has 8 heteroatoms. The van der Waals surface area contributed by atoms with Crippen LogP contribution in [0.25, 0.3) is 11.1 Å². The van der Waals surface area contributed by atoms with Crippen molar-refractivity contribution in [2.75, 3.05) is 13.2 Å². The Morgan fingerprint density at radius 3 is 2.24 bits per heavy atom. The second-order valence-corrected chi connectivity index (χ2v) is 8.17. The molecule has 34 heavy (non-hydrogen) atoms. The molecule has 0 saturated carbocycles. The van der Waals surface area contributed by atoms with E-state index in [2.05, 4.69) is 10.6 Å².